The van der Waals surface area contributed by atoms with Crippen molar-refractivity contribution < 1.29 is 0 Å². The topological polar surface area (TPSA) is 43.1 Å². The van der Waals surface area contributed by atoms with E-state index in [9.17, 15) is 0 Å². The summed E-state index contributed by atoms with van der Waals surface area (Å²) in [7, 11) is 0. The molecule has 0 unspecified atom stereocenters. The number of hydrogen-bond acceptors (Lipinski definition) is 3. The third kappa shape index (κ3) is 1.04. The normalized spacial score (nSPS) is 11.5. The smallest absolute Gasteiger partial charge is 0.187 e. The quantitative estimate of drug-likeness (QED) is 0.427. The van der Waals surface area contributed by atoms with E-state index in [4.69, 9.17) is 0 Å². The fraction of sp³-hybridized carbons (Fsp3) is 0. The molecule has 0 atom stereocenters. The van der Waals surface area contributed by atoms with Gasteiger partial charge in [-0.25, -0.2) is 0 Å². The van der Waals surface area contributed by atoms with Gasteiger partial charge in [-0.1, -0.05) is 42.5 Å². The Hall–Kier alpha value is -2.49. The average molecular weight is 220 g/mol. The second-order valence-corrected chi connectivity index (χ2v) is 3.98. The van der Waals surface area contributed by atoms with Crippen molar-refractivity contribution >= 4 is 27.3 Å². The van der Waals surface area contributed by atoms with Crippen LogP contribution in [0.3, 0.4) is 0 Å². The molecule has 4 nitrogen and oxygen atoms in total. The molecule has 2 aromatic carbocycles. The van der Waals surface area contributed by atoms with E-state index < -0.39 is 0 Å². The van der Waals surface area contributed by atoms with Crippen molar-refractivity contribution in [3.8, 4) is 0 Å². The van der Waals surface area contributed by atoms with Crippen molar-refractivity contribution in [3.05, 3.63) is 48.5 Å². The lowest BCUT2D eigenvalue weighted by Crippen LogP contribution is -1.92. The number of fused-ring (bicyclic) bond motifs is 6. The van der Waals surface area contributed by atoms with Crippen LogP contribution in [-0.4, -0.2) is 20.0 Å². The predicted molar refractivity (Wildman–Crippen MR) is 65.8 cm³/mol. The highest BCUT2D eigenvalue weighted by molar-refractivity contribution is 6.11. The summed E-state index contributed by atoms with van der Waals surface area (Å²) in [4.78, 5) is 0. The van der Waals surface area contributed by atoms with Crippen molar-refractivity contribution in [2.75, 3.05) is 0 Å². The molecule has 0 fully saturated rings. The molecular formula is C13H8N4. The molecule has 0 N–H and O–H groups in total. The first-order valence-corrected chi connectivity index (χ1v) is 5.43. The summed E-state index contributed by atoms with van der Waals surface area (Å²) in [5.41, 5.74) is 1.84. The molecule has 4 aromatic rings. The third-order valence-corrected chi connectivity index (χ3v) is 3.06. The maximum atomic E-state index is 4.10. The van der Waals surface area contributed by atoms with Crippen LogP contribution in [0.2, 0.25) is 0 Å². The summed E-state index contributed by atoms with van der Waals surface area (Å²) in [5.74, 6) is 0. The molecule has 0 saturated carbocycles. The number of hydrogen-bond donors (Lipinski definition) is 0. The molecule has 2 aromatic heterocycles. The van der Waals surface area contributed by atoms with Gasteiger partial charge in [-0.05, 0) is 21.9 Å². The SMILES string of the molecule is c1ccc2c(c1)c1ccccc1n1nnnc21. The zero-order valence-corrected chi connectivity index (χ0v) is 8.91. The number of benzene rings is 2. The molecule has 0 aliphatic heterocycles. The van der Waals surface area contributed by atoms with Crippen LogP contribution >= 0.6 is 0 Å². The van der Waals surface area contributed by atoms with Crippen molar-refractivity contribution in [1.29, 1.82) is 0 Å². The van der Waals surface area contributed by atoms with E-state index in [-0.39, 0.29) is 0 Å². The summed E-state index contributed by atoms with van der Waals surface area (Å²) in [6.45, 7) is 0. The minimum atomic E-state index is 0.805. The number of nitrogens with zero attached hydrogens (tertiary/aromatic N) is 4. The van der Waals surface area contributed by atoms with Gasteiger partial charge in [0.2, 0.25) is 0 Å². The van der Waals surface area contributed by atoms with Crippen molar-refractivity contribution in [1.82, 2.24) is 20.0 Å². The molecule has 0 aliphatic carbocycles. The van der Waals surface area contributed by atoms with Crippen LogP contribution in [0, 0.1) is 0 Å². The Bertz CT molecular complexity index is 778. The van der Waals surface area contributed by atoms with E-state index in [1.165, 1.54) is 10.8 Å². The number of aromatic nitrogens is 4. The lowest BCUT2D eigenvalue weighted by atomic mass is 10.1. The lowest BCUT2D eigenvalue weighted by molar-refractivity contribution is 0.842. The Labute approximate surface area is 96.5 Å². The Balaban J connectivity index is 2.48. The van der Waals surface area contributed by atoms with Gasteiger partial charge in [-0.15, -0.1) is 5.10 Å². The fourth-order valence-corrected chi connectivity index (χ4v) is 2.32. The monoisotopic (exact) mass is 220 g/mol. The maximum Gasteiger partial charge on any atom is 0.187 e. The molecule has 4 heteroatoms. The van der Waals surface area contributed by atoms with Gasteiger partial charge in [0.15, 0.2) is 5.65 Å². The largest absolute Gasteiger partial charge is 0.192 e. The van der Waals surface area contributed by atoms with E-state index in [0.29, 0.717) is 0 Å². The van der Waals surface area contributed by atoms with E-state index >= 15 is 0 Å². The van der Waals surface area contributed by atoms with Crippen molar-refractivity contribution in [2.24, 2.45) is 0 Å². The molecule has 0 saturated heterocycles. The van der Waals surface area contributed by atoms with Gasteiger partial charge in [-0.2, -0.15) is 4.52 Å². The van der Waals surface area contributed by atoms with Gasteiger partial charge in [0.1, 0.15) is 0 Å². The lowest BCUT2D eigenvalue weighted by Gasteiger charge is -2.05. The van der Waals surface area contributed by atoms with Crippen LogP contribution in [0.4, 0.5) is 0 Å². The van der Waals surface area contributed by atoms with Gasteiger partial charge >= 0.3 is 0 Å². The first-order valence-electron chi connectivity index (χ1n) is 5.43. The van der Waals surface area contributed by atoms with Gasteiger partial charge < -0.3 is 0 Å². The highest BCUT2D eigenvalue weighted by atomic mass is 15.5. The minimum absolute atomic E-state index is 0.805. The Morgan fingerprint density at radius 1 is 0.765 bits per heavy atom. The van der Waals surface area contributed by atoms with E-state index in [1.54, 1.807) is 4.52 Å². The highest BCUT2D eigenvalue weighted by Gasteiger charge is 2.09. The average Bonchev–Trinajstić information content (AvgIpc) is 2.89. The maximum absolute atomic E-state index is 4.10. The molecule has 0 spiro atoms. The standard InChI is InChI=1S/C13H8N4/c1-2-7-11-9(5-1)10-6-3-4-8-12(10)17-13(11)14-15-16-17/h1-8H. The summed E-state index contributed by atoms with van der Waals surface area (Å²) in [6, 6.07) is 16.4. The Morgan fingerprint density at radius 2 is 1.47 bits per heavy atom. The molecule has 4 rings (SSSR count). The van der Waals surface area contributed by atoms with Crippen LogP contribution in [-0.2, 0) is 0 Å². The molecule has 80 valence electrons. The second-order valence-electron chi connectivity index (χ2n) is 3.98. The summed E-state index contributed by atoms with van der Waals surface area (Å²) >= 11 is 0. The first-order chi connectivity index (χ1) is 8.45. The van der Waals surface area contributed by atoms with E-state index in [1.807, 2.05) is 36.4 Å². The van der Waals surface area contributed by atoms with Gasteiger partial charge in [0.05, 0.1) is 5.52 Å². The highest BCUT2D eigenvalue weighted by Crippen LogP contribution is 2.27. The van der Waals surface area contributed by atoms with E-state index in [0.717, 1.165) is 16.6 Å². The zero-order valence-electron chi connectivity index (χ0n) is 8.91. The first kappa shape index (κ1) is 8.64. The molecule has 0 amide bonds. The minimum Gasteiger partial charge on any atom is -0.192 e. The van der Waals surface area contributed by atoms with Crippen molar-refractivity contribution in [3.63, 3.8) is 0 Å². The van der Waals surface area contributed by atoms with Crippen LogP contribution in [0.15, 0.2) is 48.5 Å². The fourth-order valence-electron chi connectivity index (χ4n) is 2.32. The summed E-state index contributed by atoms with van der Waals surface area (Å²) in [5, 5.41) is 15.4. The van der Waals surface area contributed by atoms with Gasteiger partial charge in [0, 0.05) is 10.8 Å². The van der Waals surface area contributed by atoms with Crippen LogP contribution in [0.1, 0.15) is 0 Å². The van der Waals surface area contributed by atoms with Gasteiger partial charge in [-0.3, -0.25) is 0 Å². The zero-order chi connectivity index (χ0) is 11.2. The molecule has 17 heavy (non-hydrogen) atoms. The molecule has 2 heterocycles. The number of pyridine rings is 1. The molecule has 0 radical (unpaired) electrons. The molecule has 0 aliphatic rings. The van der Waals surface area contributed by atoms with Crippen LogP contribution in [0.5, 0.6) is 0 Å². The third-order valence-electron chi connectivity index (χ3n) is 3.06. The van der Waals surface area contributed by atoms with Crippen LogP contribution in [0.25, 0.3) is 27.3 Å². The number of para-hydroxylation sites is 1. The predicted octanol–water partition coefficient (Wildman–Crippen LogP) is 2.43. The second kappa shape index (κ2) is 3.01. The number of tetrazole rings is 1. The number of rotatable bonds is 0. The Morgan fingerprint density at radius 3 is 2.35 bits per heavy atom. The summed E-state index contributed by atoms with van der Waals surface area (Å²) in [6.07, 6.45) is 0. The summed E-state index contributed by atoms with van der Waals surface area (Å²) < 4.78 is 1.79. The van der Waals surface area contributed by atoms with Crippen molar-refractivity contribution in [2.45, 2.75) is 0 Å². The Kier molecular flexibility index (Phi) is 1.53. The van der Waals surface area contributed by atoms with Gasteiger partial charge in [0.25, 0.3) is 0 Å². The van der Waals surface area contributed by atoms with E-state index in [2.05, 4.69) is 27.7 Å². The molecular weight excluding hydrogens is 212 g/mol. The van der Waals surface area contributed by atoms with Crippen LogP contribution < -0.4 is 0 Å². The molecule has 0 bridgehead atoms.